The van der Waals surface area contributed by atoms with Gasteiger partial charge in [-0.2, -0.15) is 4.39 Å². The largest absolute Gasteiger partial charge is 0.431 e. The molecule has 0 saturated heterocycles. The molecule has 0 bridgehead atoms. The van der Waals surface area contributed by atoms with Gasteiger partial charge in [0.25, 0.3) is 0 Å². The number of rotatable bonds is 1. The van der Waals surface area contributed by atoms with Crippen LogP contribution in [0, 0.1) is 0 Å². The van der Waals surface area contributed by atoms with Crippen molar-refractivity contribution in [3.8, 4) is 0 Å². The summed E-state index contributed by atoms with van der Waals surface area (Å²) in [5, 5.41) is -1.04. The third kappa shape index (κ3) is 5.43. The summed E-state index contributed by atoms with van der Waals surface area (Å²) in [6.45, 7) is 1.15. The number of halogens is 2. The Kier molecular flexibility index (Phi) is 3.19. The second-order valence-corrected chi connectivity index (χ2v) is 1.38. The molecule has 0 aliphatic heterocycles. The Morgan fingerprint density at radius 1 is 1.88 bits per heavy atom. The number of hydrogen-bond donors (Lipinski definition) is 0. The Morgan fingerprint density at radius 2 is 2.38 bits per heavy atom. The van der Waals surface area contributed by atoms with E-state index in [4.69, 9.17) is 0 Å². The summed E-state index contributed by atoms with van der Waals surface area (Å²) in [6, 6.07) is 0. The number of esters is 1. The molecular formula is C4H4ClFO2. The van der Waals surface area contributed by atoms with E-state index in [1.807, 2.05) is 0 Å². The molecule has 0 atom stereocenters. The quantitative estimate of drug-likeness (QED) is 0.406. The molecule has 0 radical (unpaired) electrons. The van der Waals surface area contributed by atoms with E-state index >= 15 is 0 Å². The Hall–Kier alpha value is -0.570. The number of hydrogen-bond acceptors (Lipinski definition) is 2. The standard InChI is InChI=1S/C4H4ClFO2/c1-3(7)8-2-4(5)6/h2H,1H3/b4-2+. The number of carbonyl (C=O) groups is 1. The Bertz CT molecular complexity index is 117. The number of carbonyl (C=O) groups excluding carboxylic acids is 1. The van der Waals surface area contributed by atoms with Crippen molar-refractivity contribution < 1.29 is 13.9 Å². The molecule has 0 amide bonds. The molecule has 0 rings (SSSR count). The van der Waals surface area contributed by atoms with E-state index in [9.17, 15) is 9.18 Å². The van der Waals surface area contributed by atoms with Crippen molar-refractivity contribution in [2.24, 2.45) is 0 Å². The van der Waals surface area contributed by atoms with Crippen LogP contribution in [0.3, 0.4) is 0 Å². The van der Waals surface area contributed by atoms with Gasteiger partial charge in [-0.3, -0.25) is 4.79 Å². The van der Waals surface area contributed by atoms with E-state index in [-0.39, 0.29) is 0 Å². The van der Waals surface area contributed by atoms with Crippen LogP contribution in [0.25, 0.3) is 0 Å². The summed E-state index contributed by atoms with van der Waals surface area (Å²) in [4.78, 5) is 9.86. The predicted octanol–water partition coefficient (Wildman–Crippen LogP) is 1.56. The lowest BCUT2D eigenvalue weighted by molar-refractivity contribution is -0.135. The van der Waals surface area contributed by atoms with Crippen molar-refractivity contribution >= 4 is 17.6 Å². The van der Waals surface area contributed by atoms with Gasteiger partial charge in [0.2, 0.25) is 5.29 Å². The van der Waals surface area contributed by atoms with Crippen LogP contribution in [0.15, 0.2) is 11.5 Å². The summed E-state index contributed by atoms with van der Waals surface area (Å²) in [6.07, 6.45) is 0.532. The fourth-order valence-electron chi connectivity index (χ4n) is 0.128. The van der Waals surface area contributed by atoms with Crippen molar-refractivity contribution in [3.05, 3.63) is 11.5 Å². The van der Waals surface area contributed by atoms with Gasteiger partial charge in [0, 0.05) is 6.92 Å². The first-order chi connectivity index (χ1) is 3.63. The summed E-state index contributed by atoms with van der Waals surface area (Å²) in [5.74, 6) is -0.596. The van der Waals surface area contributed by atoms with Gasteiger partial charge in [0.1, 0.15) is 6.26 Å². The molecule has 2 nitrogen and oxygen atoms in total. The van der Waals surface area contributed by atoms with Crippen LogP contribution in [0.2, 0.25) is 0 Å². The van der Waals surface area contributed by atoms with E-state index < -0.39 is 11.3 Å². The zero-order valence-electron chi connectivity index (χ0n) is 4.15. The van der Waals surface area contributed by atoms with E-state index in [0.717, 1.165) is 6.92 Å². The highest BCUT2D eigenvalue weighted by molar-refractivity contribution is 6.28. The first-order valence-electron chi connectivity index (χ1n) is 1.81. The fourth-order valence-corrected chi connectivity index (χ4v) is 0.172. The maximum absolute atomic E-state index is 11.4. The van der Waals surface area contributed by atoms with E-state index in [0.29, 0.717) is 6.26 Å². The Balaban J connectivity index is 3.45. The summed E-state index contributed by atoms with van der Waals surface area (Å²) < 4.78 is 15.4. The molecule has 46 valence electrons. The third-order valence-electron chi connectivity index (χ3n) is 0.314. The topological polar surface area (TPSA) is 26.3 Å². The third-order valence-corrected chi connectivity index (χ3v) is 0.403. The summed E-state index contributed by atoms with van der Waals surface area (Å²) in [5.41, 5.74) is 0. The van der Waals surface area contributed by atoms with Crippen molar-refractivity contribution in [2.75, 3.05) is 0 Å². The smallest absolute Gasteiger partial charge is 0.307 e. The van der Waals surface area contributed by atoms with Gasteiger partial charge in [-0.15, -0.1) is 0 Å². The van der Waals surface area contributed by atoms with Gasteiger partial charge >= 0.3 is 5.97 Å². The molecule has 0 fully saturated rings. The predicted molar refractivity (Wildman–Crippen MR) is 26.8 cm³/mol. The first kappa shape index (κ1) is 7.43. The minimum atomic E-state index is -1.04. The average Bonchev–Trinajstić information content (AvgIpc) is 1.61. The molecule has 0 aromatic rings. The molecule has 0 aromatic heterocycles. The first-order valence-corrected chi connectivity index (χ1v) is 2.19. The van der Waals surface area contributed by atoms with E-state index in [1.54, 1.807) is 0 Å². The molecule has 0 saturated carbocycles. The minimum Gasteiger partial charge on any atom is -0.431 e. The second-order valence-electron chi connectivity index (χ2n) is 1.02. The van der Waals surface area contributed by atoms with Crippen LogP contribution >= 0.6 is 11.6 Å². The van der Waals surface area contributed by atoms with Crippen LogP contribution in [0.5, 0.6) is 0 Å². The molecule has 0 heterocycles. The van der Waals surface area contributed by atoms with Gasteiger partial charge in [0.05, 0.1) is 0 Å². The lowest BCUT2D eigenvalue weighted by atomic mass is 10.8. The summed E-state index contributed by atoms with van der Waals surface area (Å²) in [7, 11) is 0. The SMILES string of the molecule is CC(=O)O/C=C(/F)Cl. The highest BCUT2D eigenvalue weighted by atomic mass is 35.5. The van der Waals surface area contributed by atoms with Crippen molar-refractivity contribution in [1.82, 2.24) is 0 Å². The normalized spacial score (nSPS) is 11.1. The zero-order valence-corrected chi connectivity index (χ0v) is 4.91. The fraction of sp³-hybridized carbons (Fsp3) is 0.250. The molecule has 4 heteroatoms. The van der Waals surface area contributed by atoms with Crippen LogP contribution < -0.4 is 0 Å². The second kappa shape index (κ2) is 3.43. The van der Waals surface area contributed by atoms with Crippen LogP contribution in [-0.4, -0.2) is 5.97 Å². The maximum atomic E-state index is 11.4. The molecular weight excluding hydrogens is 134 g/mol. The van der Waals surface area contributed by atoms with Gasteiger partial charge in [-0.25, -0.2) is 0 Å². The Morgan fingerprint density at radius 3 is 2.50 bits per heavy atom. The molecule has 0 aromatic carbocycles. The lowest BCUT2D eigenvalue weighted by Gasteiger charge is -1.86. The van der Waals surface area contributed by atoms with E-state index in [1.165, 1.54) is 0 Å². The van der Waals surface area contributed by atoms with Crippen LogP contribution in [0.4, 0.5) is 4.39 Å². The monoisotopic (exact) mass is 138 g/mol. The van der Waals surface area contributed by atoms with Crippen molar-refractivity contribution in [3.63, 3.8) is 0 Å². The summed E-state index contributed by atoms with van der Waals surface area (Å²) >= 11 is 4.64. The highest BCUT2D eigenvalue weighted by Gasteiger charge is 1.88. The van der Waals surface area contributed by atoms with Gasteiger partial charge in [0.15, 0.2) is 0 Å². The number of ether oxygens (including phenoxy) is 1. The average molecular weight is 139 g/mol. The maximum Gasteiger partial charge on any atom is 0.307 e. The Labute approximate surface area is 50.9 Å². The molecule has 0 aliphatic carbocycles. The van der Waals surface area contributed by atoms with Gasteiger partial charge < -0.3 is 4.74 Å². The van der Waals surface area contributed by atoms with E-state index in [2.05, 4.69) is 16.3 Å². The van der Waals surface area contributed by atoms with Crippen molar-refractivity contribution in [2.45, 2.75) is 6.92 Å². The molecule has 8 heavy (non-hydrogen) atoms. The lowest BCUT2D eigenvalue weighted by Crippen LogP contribution is -1.89. The molecule has 0 unspecified atom stereocenters. The molecule has 0 N–H and O–H groups in total. The van der Waals surface area contributed by atoms with Gasteiger partial charge in [-0.05, 0) is 11.6 Å². The van der Waals surface area contributed by atoms with Gasteiger partial charge in [-0.1, -0.05) is 0 Å². The molecule has 0 spiro atoms. The zero-order chi connectivity index (χ0) is 6.57. The minimum absolute atomic E-state index is 0.532. The van der Waals surface area contributed by atoms with Crippen molar-refractivity contribution in [1.29, 1.82) is 0 Å². The molecule has 0 aliphatic rings. The van der Waals surface area contributed by atoms with Crippen LogP contribution in [0.1, 0.15) is 6.92 Å². The van der Waals surface area contributed by atoms with Crippen LogP contribution in [-0.2, 0) is 9.53 Å². The highest BCUT2D eigenvalue weighted by Crippen LogP contribution is 2.00.